The van der Waals surface area contributed by atoms with E-state index in [4.69, 9.17) is 5.73 Å². The van der Waals surface area contributed by atoms with Crippen molar-refractivity contribution in [1.29, 1.82) is 0 Å². The van der Waals surface area contributed by atoms with E-state index in [1.807, 2.05) is 6.07 Å². The maximum Gasteiger partial charge on any atom is 0.126 e. The van der Waals surface area contributed by atoms with E-state index in [0.29, 0.717) is 0 Å². The highest BCUT2D eigenvalue weighted by molar-refractivity contribution is 5.42. The number of nitrogens with two attached hydrogens (primary N) is 1. The van der Waals surface area contributed by atoms with Crippen LogP contribution in [0.1, 0.15) is 30.4 Å². The fraction of sp³-hybridized carbons (Fsp3) is 0.500. The van der Waals surface area contributed by atoms with Crippen molar-refractivity contribution < 1.29 is 4.39 Å². The van der Waals surface area contributed by atoms with Gasteiger partial charge in [-0.25, -0.2) is 4.39 Å². The molecule has 2 bridgehead atoms. The van der Waals surface area contributed by atoms with Crippen LogP contribution in [-0.2, 0) is 5.41 Å². The van der Waals surface area contributed by atoms with E-state index in [9.17, 15) is 4.39 Å². The second-order valence-electron chi connectivity index (χ2n) is 5.14. The lowest BCUT2D eigenvalue weighted by Crippen LogP contribution is -2.74. The van der Waals surface area contributed by atoms with E-state index >= 15 is 0 Å². The van der Waals surface area contributed by atoms with Gasteiger partial charge < -0.3 is 5.73 Å². The van der Waals surface area contributed by atoms with E-state index in [1.54, 1.807) is 13.0 Å². The summed E-state index contributed by atoms with van der Waals surface area (Å²) in [4.78, 5) is 0. The Morgan fingerprint density at radius 3 is 2.43 bits per heavy atom. The number of hydrogen-bond donors (Lipinski definition) is 1. The minimum atomic E-state index is -0.0849. The van der Waals surface area contributed by atoms with Crippen LogP contribution in [-0.4, -0.2) is 5.54 Å². The van der Waals surface area contributed by atoms with E-state index in [0.717, 1.165) is 30.4 Å². The zero-order valence-electron chi connectivity index (χ0n) is 8.31. The number of rotatable bonds is 1. The minimum Gasteiger partial charge on any atom is -0.325 e. The minimum absolute atomic E-state index is 0.0849. The lowest BCUT2D eigenvalue weighted by molar-refractivity contribution is -0.0591. The van der Waals surface area contributed by atoms with E-state index < -0.39 is 0 Å². The molecular weight excluding hydrogens is 177 g/mol. The van der Waals surface area contributed by atoms with Crippen LogP contribution in [0.15, 0.2) is 18.2 Å². The SMILES string of the molecule is Cc1ccc(C23CC(N)(C2)C3)cc1F. The molecule has 1 aromatic carbocycles. The summed E-state index contributed by atoms with van der Waals surface area (Å²) in [6.45, 7) is 1.80. The first-order valence-corrected chi connectivity index (χ1v) is 5.09. The van der Waals surface area contributed by atoms with Gasteiger partial charge >= 0.3 is 0 Å². The summed E-state index contributed by atoms with van der Waals surface area (Å²) < 4.78 is 13.4. The molecule has 0 spiro atoms. The highest BCUT2D eigenvalue weighted by Gasteiger charge is 2.66. The van der Waals surface area contributed by atoms with Crippen molar-refractivity contribution in [2.45, 2.75) is 37.1 Å². The molecular formula is C12H14FN. The molecule has 3 aliphatic carbocycles. The Kier molecular flexibility index (Phi) is 1.32. The summed E-state index contributed by atoms with van der Waals surface area (Å²) in [6, 6.07) is 5.61. The van der Waals surface area contributed by atoms with Crippen molar-refractivity contribution in [2.75, 3.05) is 0 Å². The highest BCUT2D eigenvalue weighted by Crippen LogP contribution is 2.66. The molecule has 0 aromatic heterocycles. The lowest BCUT2D eigenvalue weighted by atomic mass is 9.38. The van der Waals surface area contributed by atoms with Crippen molar-refractivity contribution in [3.05, 3.63) is 35.1 Å². The van der Waals surface area contributed by atoms with Crippen LogP contribution in [0.4, 0.5) is 4.39 Å². The van der Waals surface area contributed by atoms with Gasteiger partial charge in [0.25, 0.3) is 0 Å². The zero-order valence-corrected chi connectivity index (χ0v) is 8.31. The van der Waals surface area contributed by atoms with Crippen LogP contribution in [0.2, 0.25) is 0 Å². The van der Waals surface area contributed by atoms with Gasteiger partial charge in [-0.1, -0.05) is 12.1 Å². The fourth-order valence-corrected chi connectivity index (χ4v) is 3.10. The summed E-state index contributed by atoms with van der Waals surface area (Å²) in [5, 5.41) is 0. The lowest BCUT2D eigenvalue weighted by Gasteiger charge is -2.69. The van der Waals surface area contributed by atoms with Crippen LogP contribution in [0.25, 0.3) is 0 Å². The van der Waals surface area contributed by atoms with Crippen LogP contribution >= 0.6 is 0 Å². The standard InChI is InChI=1S/C12H14FN/c1-8-2-3-9(4-10(8)13)11-5-12(14,6-11)7-11/h2-4H,5-7,14H2,1H3. The molecule has 0 unspecified atom stereocenters. The first kappa shape index (κ1) is 8.42. The van der Waals surface area contributed by atoms with Gasteiger partial charge in [0.1, 0.15) is 5.82 Å². The molecule has 0 aliphatic heterocycles. The van der Waals surface area contributed by atoms with E-state index in [1.165, 1.54) is 0 Å². The molecule has 1 aromatic rings. The Morgan fingerprint density at radius 2 is 1.93 bits per heavy atom. The Morgan fingerprint density at radius 1 is 1.29 bits per heavy atom. The number of hydrogen-bond acceptors (Lipinski definition) is 1. The van der Waals surface area contributed by atoms with Crippen molar-refractivity contribution in [1.82, 2.24) is 0 Å². The molecule has 74 valence electrons. The van der Waals surface area contributed by atoms with Gasteiger partial charge in [-0.2, -0.15) is 0 Å². The van der Waals surface area contributed by atoms with Gasteiger partial charge in [0.15, 0.2) is 0 Å². The summed E-state index contributed by atoms with van der Waals surface area (Å²) >= 11 is 0. The second kappa shape index (κ2) is 2.19. The molecule has 0 amide bonds. The summed E-state index contributed by atoms with van der Waals surface area (Å²) in [5.41, 5.74) is 8.19. The van der Waals surface area contributed by atoms with Crippen molar-refractivity contribution in [3.8, 4) is 0 Å². The molecule has 0 radical (unpaired) electrons. The third-order valence-corrected chi connectivity index (χ3v) is 3.86. The maximum absolute atomic E-state index is 13.4. The van der Waals surface area contributed by atoms with Gasteiger partial charge in [-0.3, -0.25) is 0 Å². The highest BCUT2D eigenvalue weighted by atomic mass is 19.1. The Bertz CT molecular complexity index is 391. The van der Waals surface area contributed by atoms with Gasteiger partial charge in [0.05, 0.1) is 0 Å². The zero-order chi connectivity index (χ0) is 9.97. The average molecular weight is 191 g/mol. The maximum atomic E-state index is 13.4. The predicted octanol–water partition coefficient (Wildman–Crippen LogP) is 2.27. The Hall–Kier alpha value is -0.890. The summed E-state index contributed by atoms with van der Waals surface area (Å²) in [5.74, 6) is -0.0849. The first-order chi connectivity index (χ1) is 6.53. The smallest absolute Gasteiger partial charge is 0.126 e. The number of halogens is 1. The van der Waals surface area contributed by atoms with Gasteiger partial charge in [0.2, 0.25) is 0 Å². The molecule has 2 N–H and O–H groups in total. The molecule has 3 fully saturated rings. The molecule has 2 heteroatoms. The van der Waals surface area contributed by atoms with Crippen LogP contribution < -0.4 is 5.73 Å². The third kappa shape index (κ3) is 0.871. The topological polar surface area (TPSA) is 26.0 Å². The van der Waals surface area contributed by atoms with Crippen LogP contribution in [0.3, 0.4) is 0 Å². The predicted molar refractivity (Wildman–Crippen MR) is 53.6 cm³/mol. The van der Waals surface area contributed by atoms with Crippen molar-refractivity contribution in [2.24, 2.45) is 5.73 Å². The third-order valence-electron chi connectivity index (χ3n) is 3.86. The van der Waals surface area contributed by atoms with Crippen molar-refractivity contribution in [3.63, 3.8) is 0 Å². The molecule has 3 aliphatic rings. The Balaban J connectivity index is 1.95. The summed E-state index contributed by atoms with van der Waals surface area (Å²) in [7, 11) is 0. The molecule has 14 heavy (non-hydrogen) atoms. The molecule has 3 saturated carbocycles. The van der Waals surface area contributed by atoms with Crippen molar-refractivity contribution >= 4 is 0 Å². The molecule has 4 rings (SSSR count). The first-order valence-electron chi connectivity index (χ1n) is 5.09. The van der Waals surface area contributed by atoms with Crippen LogP contribution in [0, 0.1) is 12.7 Å². The number of benzene rings is 1. The Labute approximate surface area is 83.1 Å². The fourth-order valence-electron chi connectivity index (χ4n) is 3.10. The molecule has 0 heterocycles. The monoisotopic (exact) mass is 191 g/mol. The van der Waals surface area contributed by atoms with E-state index in [2.05, 4.69) is 6.07 Å². The quantitative estimate of drug-likeness (QED) is 0.724. The molecule has 1 nitrogen and oxygen atoms in total. The second-order valence-corrected chi connectivity index (χ2v) is 5.14. The molecule has 0 atom stereocenters. The largest absolute Gasteiger partial charge is 0.325 e. The summed E-state index contributed by atoms with van der Waals surface area (Å²) in [6.07, 6.45) is 3.13. The van der Waals surface area contributed by atoms with Gasteiger partial charge in [-0.05, 0) is 43.4 Å². The molecule has 0 saturated heterocycles. The van der Waals surface area contributed by atoms with Crippen LogP contribution in [0.5, 0.6) is 0 Å². The average Bonchev–Trinajstić information content (AvgIpc) is 2.03. The number of aryl methyl sites for hydroxylation is 1. The normalized spacial score (nSPS) is 38.8. The van der Waals surface area contributed by atoms with Gasteiger partial charge in [0, 0.05) is 11.0 Å². The van der Waals surface area contributed by atoms with E-state index in [-0.39, 0.29) is 16.8 Å². The van der Waals surface area contributed by atoms with Gasteiger partial charge in [-0.15, -0.1) is 0 Å².